The third-order valence-electron chi connectivity index (χ3n) is 3.43. The minimum Gasteiger partial charge on any atom is -0.229 e. The van der Waals surface area contributed by atoms with Crippen molar-refractivity contribution < 1.29 is 8.42 Å². The number of hydrogen-bond acceptors (Lipinski definition) is 2. The van der Waals surface area contributed by atoms with Crippen LogP contribution >= 0.6 is 0 Å². The molecule has 0 aromatic rings. The lowest BCUT2D eigenvalue weighted by Gasteiger charge is -2.26. The predicted molar refractivity (Wildman–Crippen MR) is 37.2 cm³/mol. The van der Waals surface area contributed by atoms with E-state index >= 15 is 0 Å². The van der Waals surface area contributed by atoms with Crippen molar-refractivity contribution in [3.8, 4) is 0 Å². The molecule has 56 valence electrons. The van der Waals surface area contributed by atoms with Crippen LogP contribution in [0.2, 0.25) is 0 Å². The van der Waals surface area contributed by atoms with Gasteiger partial charge in [-0.15, -0.1) is 0 Å². The van der Waals surface area contributed by atoms with Crippen molar-refractivity contribution in [3.63, 3.8) is 0 Å². The van der Waals surface area contributed by atoms with Gasteiger partial charge in [-0.1, -0.05) is 0 Å². The Morgan fingerprint density at radius 3 is 1.90 bits per heavy atom. The molecule has 4 atom stereocenters. The molecule has 10 heavy (non-hydrogen) atoms. The lowest BCUT2D eigenvalue weighted by atomic mass is 9.77. The third kappa shape index (κ3) is 0.492. The van der Waals surface area contributed by atoms with Crippen molar-refractivity contribution in [1.82, 2.24) is 0 Å². The van der Waals surface area contributed by atoms with E-state index in [9.17, 15) is 8.42 Å². The molecule has 0 N–H and O–H groups in total. The molecule has 0 radical (unpaired) electrons. The molecular formula is C7H10O2S. The molecule has 2 nitrogen and oxygen atoms in total. The van der Waals surface area contributed by atoms with Crippen molar-refractivity contribution in [3.05, 3.63) is 0 Å². The van der Waals surface area contributed by atoms with E-state index < -0.39 is 9.84 Å². The summed E-state index contributed by atoms with van der Waals surface area (Å²) in [7, 11) is -2.58. The lowest BCUT2D eigenvalue weighted by Crippen LogP contribution is -2.27. The Bertz CT molecular complexity index is 258. The highest BCUT2D eigenvalue weighted by molar-refractivity contribution is 7.91. The van der Waals surface area contributed by atoms with Crippen LogP contribution in [-0.4, -0.2) is 19.9 Å². The van der Waals surface area contributed by atoms with Crippen LogP contribution in [0.25, 0.3) is 0 Å². The third-order valence-corrected chi connectivity index (χ3v) is 5.22. The minimum absolute atomic E-state index is 0.513. The van der Waals surface area contributed by atoms with Crippen LogP contribution in [0.15, 0.2) is 0 Å². The fraction of sp³-hybridized carbons (Fsp3) is 1.00. The lowest BCUT2D eigenvalue weighted by molar-refractivity contribution is 0.218. The number of rotatable bonds is 0. The predicted octanol–water partition coefficient (Wildman–Crippen LogP) is 0.297. The van der Waals surface area contributed by atoms with Gasteiger partial charge in [-0.05, 0) is 30.1 Å². The Morgan fingerprint density at radius 1 is 0.900 bits per heavy atom. The zero-order valence-corrected chi connectivity index (χ0v) is 6.47. The molecule has 4 unspecified atom stereocenters. The van der Waals surface area contributed by atoms with Gasteiger partial charge in [0.15, 0.2) is 9.84 Å². The number of sulfone groups is 1. The summed E-state index contributed by atoms with van der Waals surface area (Å²) in [5, 5.41) is 0. The molecule has 2 saturated carbocycles. The molecular weight excluding hydrogens is 148 g/mol. The molecule has 0 bridgehead atoms. The Morgan fingerprint density at radius 2 is 1.40 bits per heavy atom. The first kappa shape index (κ1) is 5.58. The Labute approximate surface area is 60.5 Å². The van der Waals surface area contributed by atoms with Gasteiger partial charge in [0.05, 0.1) is 11.5 Å². The summed E-state index contributed by atoms with van der Waals surface area (Å²) in [5.41, 5.74) is 0. The Hall–Kier alpha value is -0.0500. The first-order chi connectivity index (χ1) is 4.67. The Balaban J connectivity index is 1.98. The van der Waals surface area contributed by atoms with Crippen molar-refractivity contribution in [2.75, 3.05) is 11.5 Å². The zero-order valence-electron chi connectivity index (χ0n) is 5.66. The molecule has 0 aromatic carbocycles. The van der Waals surface area contributed by atoms with Gasteiger partial charge in [-0.3, -0.25) is 0 Å². The van der Waals surface area contributed by atoms with Gasteiger partial charge >= 0.3 is 0 Å². The van der Waals surface area contributed by atoms with Crippen LogP contribution in [0.3, 0.4) is 0 Å². The summed E-state index contributed by atoms with van der Waals surface area (Å²) in [4.78, 5) is 0. The molecule has 1 aliphatic heterocycles. The van der Waals surface area contributed by atoms with Crippen molar-refractivity contribution in [1.29, 1.82) is 0 Å². The van der Waals surface area contributed by atoms with E-state index in [2.05, 4.69) is 0 Å². The summed E-state index contributed by atoms with van der Waals surface area (Å²) in [5.74, 6) is 3.88. The maximum absolute atomic E-state index is 11.1. The molecule has 0 spiro atoms. The normalized spacial score (nSPS) is 60.4. The van der Waals surface area contributed by atoms with Gasteiger partial charge in [0.25, 0.3) is 0 Å². The highest BCUT2D eigenvalue weighted by Gasteiger charge is 2.65. The first-order valence-electron chi connectivity index (χ1n) is 3.88. The second kappa shape index (κ2) is 1.29. The summed E-state index contributed by atoms with van der Waals surface area (Å²) in [6, 6.07) is 0. The van der Waals surface area contributed by atoms with E-state index in [1.54, 1.807) is 0 Å². The van der Waals surface area contributed by atoms with Crippen molar-refractivity contribution >= 4 is 9.84 Å². The fourth-order valence-electron chi connectivity index (χ4n) is 2.86. The van der Waals surface area contributed by atoms with Gasteiger partial charge in [-0.2, -0.15) is 0 Å². The van der Waals surface area contributed by atoms with Gasteiger partial charge < -0.3 is 0 Å². The van der Waals surface area contributed by atoms with E-state index in [0.717, 1.165) is 11.8 Å². The number of fused-ring (bicyclic) bond motifs is 4. The molecule has 1 saturated heterocycles. The van der Waals surface area contributed by atoms with Crippen LogP contribution in [-0.2, 0) is 9.84 Å². The van der Waals surface area contributed by atoms with E-state index in [-0.39, 0.29) is 0 Å². The molecule has 2 aliphatic carbocycles. The van der Waals surface area contributed by atoms with Crippen LogP contribution in [0, 0.1) is 23.7 Å². The van der Waals surface area contributed by atoms with E-state index in [1.165, 1.54) is 6.42 Å². The standard InChI is InChI=1S/C7H10O2S/c8-10(9)2-6-4-1-5(4)7(6)3-10/h4-7H,1-3H2. The second-order valence-electron chi connectivity index (χ2n) is 3.97. The van der Waals surface area contributed by atoms with Gasteiger partial charge in [-0.25, -0.2) is 8.42 Å². The minimum atomic E-state index is -2.58. The topological polar surface area (TPSA) is 34.1 Å². The molecule has 0 aromatic heterocycles. The zero-order chi connectivity index (χ0) is 6.93. The van der Waals surface area contributed by atoms with E-state index in [0.29, 0.717) is 23.3 Å². The quantitative estimate of drug-likeness (QED) is 0.508. The van der Waals surface area contributed by atoms with Crippen molar-refractivity contribution in [2.24, 2.45) is 23.7 Å². The highest BCUT2D eigenvalue weighted by atomic mass is 32.2. The van der Waals surface area contributed by atoms with Crippen LogP contribution in [0.1, 0.15) is 6.42 Å². The maximum Gasteiger partial charge on any atom is 0.150 e. The van der Waals surface area contributed by atoms with E-state index in [4.69, 9.17) is 0 Å². The average molecular weight is 158 g/mol. The highest BCUT2D eigenvalue weighted by Crippen LogP contribution is 2.66. The molecule has 3 aliphatic rings. The smallest absolute Gasteiger partial charge is 0.150 e. The fourth-order valence-corrected chi connectivity index (χ4v) is 5.16. The molecule has 0 amide bonds. The molecule has 3 rings (SSSR count). The molecule has 3 fully saturated rings. The summed E-state index contributed by atoms with van der Waals surface area (Å²) in [6.07, 6.45) is 1.34. The van der Waals surface area contributed by atoms with Gasteiger partial charge in [0.2, 0.25) is 0 Å². The second-order valence-corrected chi connectivity index (χ2v) is 6.12. The Kier molecular flexibility index (Phi) is 0.719. The van der Waals surface area contributed by atoms with Crippen molar-refractivity contribution in [2.45, 2.75) is 6.42 Å². The summed E-state index contributed by atoms with van der Waals surface area (Å²) < 4.78 is 22.1. The molecule has 1 heterocycles. The maximum atomic E-state index is 11.1. The van der Waals surface area contributed by atoms with Crippen LogP contribution in [0.4, 0.5) is 0 Å². The van der Waals surface area contributed by atoms with Gasteiger partial charge in [0.1, 0.15) is 0 Å². The summed E-state index contributed by atoms with van der Waals surface area (Å²) in [6.45, 7) is 0. The average Bonchev–Trinajstić information content (AvgIpc) is 2.49. The monoisotopic (exact) mass is 158 g/mol. The SMILES string of the molecule is O=S1(=O)CC2C3CC3C2C1. The first-order valence-corrected chi connectivity index (χ1v) is 5.70. The van der Waals surface area contributed by atoms with Gasteiger partial charge in [0, 0.05) is 0 Å². The number of hydrogen-bond donors (Lipinski definition) is 0. The van der Waals surface area contributed by atoms with Crippen LogP contribution < -0.4 is 0 Å². The van der Waals surface area contributed by atoms with E-state index in [1.807, 2.05) is 0 Å². The largest absolute Gasteiger partial charge is 0.229 e. The van der Waals surface area contributed by atoms with Crippen LogP contribution in [0.5, 0.6) is 0 Å². The molecule has 3 heteroatoms. The summed E-state index contributed by atoms with van der Waals surface area (Å²) >= 11 is 0.